The van der Waals surface area contributed by atoms with Crippen molar-refractivity contribution in [2.75, 3.05) is 18.9 Å². The Bertz CT molecular complexity index is 999. The lowest BCUT2D eigenvalue weighted by molar-refractivity contribution is -0.134. The zero-order valence-electron chi connectivity index (χ0n) is 18.0. The smallest absolute Gasteiger partial charge is 0.262 e. The van der Waals surface area contributed by atoms with Gasteiger partial charge in [-0.15, -0.1) is 0 Å². The first-order valence-electron chi connectivity index (χ1n) is 11.7. The number of likely N-dealkylation sites (tertiary alicyclic amines) is 1. The highest BCUT2D eigenvalue weighted by Crippen LogP contribution is 2.35. The minimum absolute atomic E-state index is 0.0404. The molecule has 0 radical (unpaired) electrons. The third kappa shape index (κ3) is 4.40. The van der Waals surface area contributed by atoms with Crippen molar-refractivity contribution in [1.82, 2.24) is 14.5 Å². The van der Waals surface area contributed by atoms with Gasteiger partial charge in [0.15, 0.2) is 5.16 Å². The zero-order valence-corrected chi connectivity index (χ0v) is 18.8. The molecule has 1 aliphatic carbocycles. The standard InChI is InChI=1S/C24H31N3O3S/c28-22(26-13-5-8-17-7-1-4-12-21(17)26)16-31-24-25-20-11-3-2-10-19(20)23(29)27(24)15-18-9-6-14-30-18/h2-3,10-11,17-18,21H,1,4-9,12-16H2/t17-,18-,21-/m0/s1. The summed E-state index contributed by atoms with van der Waals surface area (Å²) in [6.07, 6.45) is 9.32. The molecule has 6 nitrogen and oxygen atoms in total. The van der Waals surface area contributed by atoms with Crippen LogP contribution in [0.4, 0.5) is 0 Å². The molecule has 5 rings (SSSR count). The summed E-state index contributed by atoms with van der Waals surface area (Å²) in [6, 6.07) is 7.88. The number of ether oxygens (including phenoxy) is 1. The van der Waals surface area contributed by atoms with E-state index in [1.807, 2.05) is 24.3 Å². The number of nitrogens with zero attached hydrogens (tertiary/aromatic N) is 3. The number of fused-ring (bicyclic) bond motifs is 2. The van der Waals surface area contributed by atoms with Gasteiger partial charge in [-0.05, 0) is 56.6 Å². The lowest BCUT2D eigenvalue weighted by Crippen LogP contribution is -2.50. The number of hydrogen-bond acceptors (Lipinski definition) is 5. The Morgan fingerprint density at radius 2 is 1.94 bits per heavy atom. The molecule has 3 heterocycles. The number of para-hydroxylation sites is 1. The van der Waals surface area contributed by atoms with Gasteiger partial charge >= 0.3 is 0 Å². The zero-order chi connectivity index (χ0) is 21.2. The molecule has 0 N–H and O–H groups in total. The van der Waals surface area contributed by atoms with Crippen molar-refractivity contribution in [1.29, 1.82) is 0 Å². The molecule has 1 aromatic heterocycles. The highest BCUT2D eigenvalue weighted by Gasteiger charge is 2.35. The van der Waals surface area contributed by atoms with Crippen LogP contribution in [0.2, 0.25) is 0 Å². The second-order valence-electron chi connectivity index (χ2n) is 9.09. The molecule has 1 amide bonds. The molecule has 3 aliphatic rings. The predicted octanol–water partition coefficient (Wildman–Crippen LogP) is 3.85. The SMILES string of the molecule is O=C(CSc1nc2ccccc2c(=O)n1C[C@@H]1CCCO1)N1CCC[C@@H]2CCCC[C@@H]21. The number of carbonyl (C=O) groups is 1. The van der Waals surface area contributed by atoms with Crippen molar-refractivity contribution >= 4 is 28.6 Å². The van der Waals surface area contributed by atoms with E-state index in [1.165, 1.54) is 37.4 Å². The Balaban J connectivity index is 1.37. The molecule has 1 saturated carbocycles. The normalized spacial score (nSPS) is 26.2. The highest BCUT2D eigenvalue weighted by atomic mass is 32.2. The molecule has 2 saturated heterocycles. The van der Waals surface area contributed by atoms with Gasteiger partial charge in [0.25, 0.3) is 5.56 Å². The summed E-state index contributed by atoms with van der Waals surface area (Å²) >= 11 is 1.41. The molecular weight excluding hydrogens is 410 g/mol. The van der Waals surface area contributed by atoms with Gasteiger partial charge in [0.1, 0.15) is 0 Å². The Kier molecular flexibility index (Phi) is 6.32. The Hall–Kier alpha value is -1.86. The van der Waals surface area contributed by atoms with Crippen molar-refractivity contribution < 1.29 is 9.53 Å². The molecule has 2 aliphatic heterocycles. The summed E-state index contributed by atoms with van der Waals surface area (Å²) in [5, 5.41) is 1.25. The number of rotatable bonds is 5. The second-order valence-corrected chi connectivity index (χ2v) is 10.0. The van der Waals surface area contributed by atoms with Crippen molar-refractivity contribution in [3.63, 3.8) is 0 Å². The number of amides is 1. The fourth-order valence-corrected chi connectivity index (χ4v) is 6.45. The van der Waals surface area contributed by atoms with Crippen LogP contribution >= 0.6 is 11.8 Å². The molecule has 0 bridgehead atoms. The number of thioether (sulfide) groups is 1. The van der Waals surface area contributed by atoms with Crippen molar-refractivity contribution in [2.45, 2.75) is 75.2 Å². The van der Waals surface area contributed by atoms with Crippen molar-refractivity contribution in [3.8, 4) is 0 Å². The number of benzene rings is 1. The van der Waals surface area contributed by atoms with E-state index in [0.717, 1.165) is 38.8 Å². The molecule has 1 aromatic carbocycles. The van der Waals surface area contributed by atoms with Gasteiger partial charge in [-0.1, -0.05) is 36.7 Å². The Morgan fingerprint density at radius 3 is 2.81 bits per heavy atom. The maximum atomic E-state index is 13.2. The minimum Gasteiger partial charge on any atom is -0.376 e. The molecule has 166 valence electrons. The van der Waals surface area contributed by atoms with E-state index in [0.29, 0.717) is 40.3 Å². The maximum absolute atomic E-state index is 13.2. The van der Waals surface area contributed by atoms with Crippen LogP contribution in [0.3, 0.4) is 0 Å². The Morgan fingerprint density at radius 1 is 1.10 bits per heavy atom. The second kappa shape index (κ2) is 9.33. The average Bonchev–Trinajstić information content (AvgIpc) is 3.32. The lowest BCUT2D eigenvalue weighted by atomic mass is 9.78. The quantitative estimate of drug-likeness (QED) is 0.521. The van der Waals surface area contributed by atoms with Gasteiger partial charge in [0, 0.05) is 19.2 Å². The van der Waals surface area contributed by atoms with E-state index in [4.69, 9.17) is 9.72 Å². The molecule has 0 spiro atoms. The van der Waals surface area contributed by atoms with E-state index in [-0.39, 0.29) is 17.6 Å². The number of piperidine rings is 1. The number of hydrogen-bond donors (Lipinski definition) is 0. The molecule has 2 aromatic rings. The third-order valence-corrected chi connectivity index (χ3v) is 8.09. The van der Waals surface area contributed by atoms with Gasteiger partial charge < -0.3 is 9.64 Å². The summed E-state index contributed by atoms with van der Waals surface area (Å²) in [5.74, 6) is 1.19. The van der Waals surface area contributed by atoms with Crippen LogP contribution in [-0.4, -0.2) is 51.4 Å². The molecular formula is C24H31N3O3S. The largest absolute Gasteiger partial charge is 0.376 e. The third-order valence-electron chi connectivity index (χ3n) is 7.13. The van der Waals surface area contributed by atoms with Crippen LogP contribution < -0.4 is 5.56 Å². The summed E-state index contributed by atoms with van der Waals surface area (Å²) in [7, 11) is 0. The minimum atomic E-state index is -0.0404. The first-order chi connectivity index (χ1) is 15.2. The van der Waals surface area contributed by atoms with Gasteiger partial charge in [0.2, 0.25) is 5.91 Å². The predicted molar refractivity (Wildman–Crippen MR) is 122 cm³/mol. The van der Waals surface area contributed by atoms with E-state index in [9.17, 15) is 9.59 Å². The van der Waals surface area contributed by atoms with Crippen LogP contribution in [0.1, 0.15) is 51.4 Å². The summed E-state index contributed by atoms with van der Waals surface area (Å²) in [4.78, 5) is 33.3. The van der Waals surface area contributed by atoms with E-state index in [2.05, 4.69) is 4.90 Å². The van der Waals surface area contributed by atoms with Crippen LogP contribution in [0, 0.1) is 5.92 Å². The first-order valence-corrected chi connectivity index (χ1v) is 12.7. The summed E-state index contributed by atoms with van der Waals surface area (Å²) in [6.45, 7) is 2.12. The molecule has 0 unspecified atom stereocenters. The van der Waals surface area contributed by atoms with Gasteiger partial charge in [-0.3, -0.25) is 14.2 Å². The number of carbonyl (C=O) groups excluding carboxylic acids is 1. The molecule has 31 heavy (non-hydrogen) atoms. The average molecular weight is 442 g/mol. The molecule has 7 heteroatoms. The van der Waals surface area contributed by atoms with Crippen LogP contribution in [0.25, 0.3) is 10.9 Å². The summed E-state index contributed by atoms with van der Waals surface area (Å²) in [5.41, 5.74) is 0.651. The first kappa shape index (κ1) is 21.0. The molecule has 3 fully saturated rings. The maximum Gasteiger partial charge on any atom is 0.262 e. The lowest BCUT2D eigenvalue weighted by Gasteiger charge is -2.44. The summed E-state index contributed by atoms with van der Waals surface area (Å²) < 4.78 is 7.52. The van der Waals surface area contributed by atoms with E-state index < -0.39 is 0 Å². The van der Waals surface area contributed by atoms with Gasteiger partial charge in [0.05, 0.1) is 29.3 Å². The van der Waals surface area contributed by atoms with E-state index in [1.54, 1.807) is 4.57 Å². The number of aromatic nitrogens is 2. The fourth-order valence-electron chi connectivity index (χ4n) is 5.55. The van der Waals surface area contributed by atoms with Crippen molar-refractivity contribution in [2.24, 2.45) is 5.92 Å². The van der Waals surface area contributed by atoms with Crippen LogP contribution in [-0.2, 0) is 16.1 Å². The van der Waals surface area contributed by atoms with Gasteiger partial charge in [-0.2, -0.15) is 0 Å². The van der Waals surface area contributed by atoms with E-state index >= 15 is 0 Å². The highest BCUT2D eigenvalue weighted by molar-refractivity contribution is 7.99. The van der Waals surface area contributed by atoms with Crippen LogP contribution in [0.15, 0.2) is 34.2 Å². The van der Waals surface area contributed by atoms with Gasteiger partial charge in [-0.25, -0.2) is 4.98 Å². The monoisotopic (exact) mass is 441 g/mol. The topological polar surface area (TPSA) is 64.4 Å². The van der Waals surface area contributed by atoms with Crippen molar-refractivity contribution in [3.05, 3.63) is 34.6 Å². The molecule has 3 atom stereocenters. The Labute approximate surface area is 187 Å². The fraction of sp³-hybridized carbons (Fsp3) is 0.625. The van der Waals surface area contributed by atoms with Crippen LogP contribution in [0.5, 0.6) is 0 Å².